The third kappa shape index (κ3) is 8.07. The molecule has 1 saturated heterocycles. The van der Waals surface area contributed by atoms with Crippen LogP contribution in [0.1, 0.15) is 32.3 Å². The number of guanidine groups is 1. The van der Waals surface area contributed by atoms with E-state index in [0.717, 1.165) is 44.3 Å². The maximum Gasteiger partial charge on any atom is 0.193 e. The van der Waals surface area contributed by atoms with Crippen molar-refractivity contribution in [1.82, 2.24) is 20.0 Å². The third-order valence-electron chi connectivity index (χ3n) is 5.06. The van der Waals surface area contributed by atoms with Crippen LogP contribution in [0.5, 0.6) is 5.75 Å². The number of nitrogens with one attached hydrogen (secondary N) is 1. The molecule has 1 aromatic carbocycles. The molecule has 158 valence electrons. The SMILES string of the molecule is CCNC(=NCCCN1CCCN(C)CC1)N(C)Cc1ccc(OCC)cc1. The second-order valence-electron chi connectivity index (χ2n) is 7.52. The molecule has 1 aliphatic rings. The lowest BCUT2D eigenvalue weighted by molar-refractivity contribution is 0.275. The number of aliphatic imine (C=N–C) groups is 1. The molecule has 0 bridgehead atoms. The molecule has 0 saturated carbocycles. The lowest BCUT2D eigenvalue weighted by Gasteiger charge is -2.23. The van der Waals surface area contributed by atoms with Crippen molar-refractivity contribution >= 4 is 5.96 Å². The molecular formula is C22H39N5O. The standard InChI is InChI=1S/C22H39N5O/c1-5-23-22(24-13-7-15-27-16-8-14-25(3)17-18-27)26(4)19-20-9-11-21(12-10-20)28-6-2/h9-12H,5-8,13-19H2,1-4H3,(H,23,24). The van der Waals surface area contributed by atoms with Gasteiger partial charge in [0.1, 0.15) is 5.75 Å². The van der Waals surface area contributed by atoms with Gasteiger partial charge in [-0.3, -0.25) is 4.99 Å². The van der Waals surface area contributed by atoms with Gasteiger partial charge in [-0.1, -0.05) is 12.1 Å². The fraction of sp³-hybridized carbons (Fsp3) is 0.682. The van der Waals surface area contributed by atoms with E-state index in [1.54, 1.807) is 0 Å². The highest BCUT2D eigenvalue weighted by molar-refractivity contribution is 5.79. The predicted molar refractivity (Wildman–Crippen MR) is 118 cm³/mol. The van der Waals surface area contributed by atoms with E-state index in [1.807, 2.05) is 19.1 Å². The van der Waals surface area contributed by atoms with Crippen molar-refractivity contribution in [3.8, 4) is 5.75 Å². The first-order valence-electron chi connectivity index (χ1n) is 10.7. The maximum absolute atomic E-state index is 5.52. The van der Waals surface area contributed by atoms with Crippen molar-refractivity contribution in [2.75, 3.05) is 66.5 Å². The van der Waals surface area contributed by atoms with Crippen LogP contribution >= 0.6 is 0 Å². The first-order valence-corrected chi connectivity index (χ1v) is 10.7. The van der Waals surface area contributed by atoms with Crippen LogP contribution in [0.4, 0.5) is 0 Å². The van der Waals surface area contributed by atoms with E-state index in [-0.39, 0.29) is 0 Å². The summed E-state index contributed by atoms with van der Waals surface area (Å²) in [6, 6.07) is 8.33. The topological polar surface area (TPSA) is 43.3 Å². The predicted octanol–water partition coefficient (Wildman–Crippen LogP) is 2.51. The Labute approximate surface area is 171 Å². The van der Waals surface area contributed by atoms with Gasteiger partial charge in [0.25, 0.3) is 0 Å². The largest absolute Gasteiger partial charge is 0.494 e. The van der Waals surface area contributed by atoms with E-state index in [2.05, 4.69) is 53.2 Å². The molecule has 0 atom stereocenters. The van der Waals surface area contributed by atoms with Gasteiger partial charge in [0.05, 0.1) is 6.61 Å². The molecule has 0 amide bonds. The second kappa shape index (κ2) is 12.6. The molecule has 1 aliphatic heterocycles. The molecule has 28 heavy (non-hydrogen) atoms. The minimum absolute atomic E-state index is 0.699. The molecule has 1 aromatic rings. The molecule has 0 unspecified atom stereocenters. The molecule has 1 N–H and O–H groups in total. The van der Waals surface area contributed by atoms with E-state index >= 15 is 0 Å². The zero-order chi connectivity index (χ0) is 20.2. The summed E-state index contributed by atoms with van der Waals surface area (Å²) in [5.74, 6) is 1.90. The van der Waals surface area contributed by atoms with Crippen LogP contribution in [-0.2, 0) is 6.54 Å². The van der Waals surface area contributed by atoms with E-state index < -0.39 is 0 Å². The first kappa shape index (κ1) is 22.5. The Morgan fingerprint density at radius 3 is 2.64 bits per heavy atom. The van der Waals surface area contributed by atoms with E-state index in [1.165, 1.54) is 38.2 Å². The minimum atomic E-state index is 0.699. The van der Waals surface area contributed by atoms with Crippen LogP contribution in [0.3, 0.4) is 0 Å². The van der Waals surface area contributed by atoms with Crippen molar-refractivity contribution in [3.05, 3.63) is 29.8 Å². The van der Waals surface area contributed by atoms with Gasteiger partial charge in [-0.25, -0.2) is 0 Å². The van der Waals surface area contributed by atoms with E-state index in [9.17, 15) is 0 Å². The number of nitrogens with zero attached hydrogens (tertiary/aromatic N) is 4. The number of likely N-dealkylation sites (N-methyl/N-ethyl adjacent to an activating group) is 1. The molecule has 6 nitrogen and oxygen atoms in total. The first-order chi connectivity index (χ1) is 13.6. The molecule has 0 aromatic heterocycles. The summed E-state index contributed by atoms with van der Waals surface area (Å²) in [6.45, 7) is 13.3. The summed E-state index contributed by atoms with van der Waals surface area (Å²) in [4.78, 5) is 12.1. The highest BCUT2D eigenvalue weighted by Crippen LogP contribution is 2.13. The molecular weight excluding hydrogens is 350 g/mol. The van der Waals surface area contributed by atoms with Gasteiger partial charge < -0.3 is 24.8 Å². The van der Waals surface area contributed by atoms with Gasteiger partial charge in [0, 0.05) is 39.8 Å². The molecule has 2 rings (SSSR count). The number of benzene rings is 1. The van der Waals surface area contributed by atoms with E-state index in [4.69, 9.17) is 9.73 Å². The Bertz CT molecular complexity index is 575. The fourth-order valence-electron chi connectivity index (χ4n) is 3.48. The number of ether oxygens (including phenoxy) is 1. The van der Waals surface area contributed by atoms with Crippen LogP contribution < -0.4 is 10.1 Å². The minimum Gasteiger partial charge on any atom is -0.494 e. The van der Waals surface area contributed by atoms with Gasteiger partial charge >= 0.3 is 0 Å². The second-order valence-corrected chi connectivity index (χ2v) is 7.52. The zero-order valence-corrected chi connectivity index (χ0v) is 18.3. The molecule has 1 fully saturated rings. The average molecular weight is 390 g/mol. The summed E-state index contributed by atoms with van der Waals surface area (Å²) >= 11 is 0. The van der Waals surface area contributed by atoms with Gasteiger partial charge in [0.15, 0.2) is 5.96 Å². The van der Waals surface area contributed by atoms with Gasteiger partial charge in [-0.05, 0) is 71.1 Å². The van der Waals surface area contributed by atoms with Crippen molar-refractivity contribution in [1.29, 1.82) is 0 Å². The summed E-state index contributed by atoms with van der Waals surface area (Å²) < 4.78 is 5.52. The Hall–Kier alpha value is -1.79. The molecule has 0 spiro atoms. The van der Waals surface area contributed by atoms with Crippen LogP contribution in [0.15, 0.2) is 29.3 Å². The Balaban J connectivity index is 1.81. The average Bonchev–Trinajstić information content (AvgIpc) is 2.90. The van der Waals surface area contributed by atoms with Crippen molar-refractivity contribution in [2.45, 2.75) is 33.2 Å². The van der Waals surface area contributed by atoms with E-state index in [0.29, 0.717) is 6.61 Å². The van der Waals surface area contributed by atoms with Gasteiger partial charge in [-0.2, -0.15) is 0 Å². The summed E-state index contributed by atoms with van der Waals surface area (Å²) in [5.41, 5.74) is 1.25. The molecule has 0 radical (unpaired) electrons. The van der Waals surface area contributed by atoms with Gasteiger partial charge in [-0.15, -0.1) is 0 Å². The fourth-order valence-corrected chi connectivity index (χ4v) is 3.48. The zero-order valence-electron chi connectivity index (χ0n) is 18.3. The number of rotatable bonds is 9. The van der Waals surface area contributed by atoms with Crippen molar-refractivity contribution in [2.24, 2.45) is 4.99 Å². The maximum atomic E-state index is 5.52. The van der Waals surface area contributed by atoms with Crippen LogP contribution in [-0.4, -0.2) is 87.2 Å². The number of hydrogen-bond donors (Lipinski definition) is 1. The Kier molecular flexibility index (Phi) is 10.1. The summed E-state index contributed by atoms with van der Waals surface area (Å²) in [7, 11) is 4.32. The normalized spacial score (nSPS) is 16.6. The Morgan fingerprint density at radius 2 is 1.93 bits per heavy atom. The molecule has 1 heterocycles. The van der Waals surface area contributed by atoms with Crippen molar-refractivity contribution in [3.63, 3.8) is 0 Å². The van der Waals surface area contributed by atoms with Crippen LogP contribution in [0.2, 0.25) is 0 Å². The summed E-state index contributed by atoms with van der Waals surface area (Å²) in [5, 5.41) is 3.42. The molecule has 0 aliphatic carbocycles. The smallest absolute Gasteiger partial charge is 0.193 e. The van der Waals surface area contributed by atoms with Crippen LogP contribution in [0.25, 0.3) is 0 Å². The third-order valence-corrected chi connectivity index (χ3v) is 5.06. The highest BCUT2D eigenvalue weighted by atomic mass is 16.5. The lowest BCUT2D eigenvalue weighted by atomic mass is 10.2. The van der Waals surface area contributed by atoms with Gasteiger partial charge in [0.2, 0.25) is 0 Å². The number of hydrogen-bond acceptors (Lipinski definition) is 4. The quantitative estimate of drug-likeness (QED) is 0.399. The highest BCUT2D eigenvalue weighted by Gasteiger charge is 2.11. The Morgan fingerprint density at radius 1 is 1.14 bits per heavy atom. The van der Waals surface area contributed by atoms with Crippen molar-refractivity contribution < 1.29 is 4.74 Å². The molecule has 6 heteroatoms. The summed E-state index contributed by atoms with van der Waals surface area (Å²) in [6.07, 6.45) is 2.38. The monoisotopic (exact) mass is 389 g/mol. The van der Waals surface area contributed by atoms with Crippen LogP contribution in [0, 0.1) is 0 Å². The lowest BCUT2D eigenvalue weighted by Crippen LogP contribution is -2.38.